The Morgan fingerprint density at radius 2 is 1.96 bits per heavy atom. The summed E-state index contributed by atoms with van der Waals surface area (Å²) in [4.78, 5) is 10.2. The van der Waals surface area contributed by atoms with Crippen molar-refractivity contribution < 1.29 is 4.42 Å². The predicted molar refractivity (Wildman–Crippen MR) is 98.2 cm³/mol. The predicted octanol–water partition coefficient (Wildman–Crippen LogP) is 5.14. The normalized spacial score (nSPS) is 13.9. The number of pyridine rings is 1. The van der Waals surface area contributed by atoms with Gasteiger partial charge in [0.1, 0.15) is 16.5 Å². The standard InChI is InChI=1S/C19H23N3OS/c1-11-9-17(15(5)23-11)12(2)21-13(3)18-14(4)22-19(24-18)16-7-6-8-20-10-16/h6-10,12-13,21H,1-5H3. The molecular weight excluding hydrogens is 318 g/mol. The van der Waals surface area contributed by atoms with E-state index in [0.29, 0.717) is 0 Å². The summed E-state index contributed by atoms with van der Waals surface area (Å²) in [5.41, 5.74) is 3.36. The van der Waals surface area contributed by atoms with Crippen LogP contribution in [0.5, 0.6) is 0 Å². The molecule has 4 nitrogen and oxygen atoms in total. The van der Waals surface area contributed by atoms with Gasteiger partial charge in [-0.25, -0.2) is 4.98 Å². The molecule has 0 fully saturated rings. The Kier molecular flexibility index (Phi) is 4.83. The monoisotopic (exact) mass is 341 g/mol. The third-order valence-electron chi connectivity index (χ3n) is 4.18. The van der Waals surface area contributed by atoms with Crippen LogP contribution in [0.3, 0.4) is 0 Å². The molecule has 0 saturated carbocycles. The lowest BCUT2D eigenvalue weighted by molar-refractivity contribution is 0.470. The summed E-state index contributed by atoms with van der Waals surface area (Å²) < 4.78 is 5.65. The second-order valence-electron chi connectivity index (χ2n) is 6.19. The average molecular weight is 341 g/mol. The van der Waals surface area contributed by atoms with Crippen LogP contribution in [0, 0.1) is 20.8 Å². The summed E-state index contributed by atoms with van der Waals surface area (Å²) >= 11 is 1.73. The number of nitrogens with zero attached hydrogens (tertiary/aromatic N) is 2. The van der Waals surface area contributed by atoms with Gasteiger partial charge in [0.25, 0.3) is 0 Å². The lowest BCUT2D eigenvalue weighted by atomic mass is 10.1. The fourth-order valence-corrected chi connectivity index (χ4v) is 4.11. The van der Waals surface area contributed by atoms with Crippen LogP contribution < -0.4 is 5.32 Å². The fraction of sp³-hybridized carbons (Fsp3) is 0.368. The van der Waals surface area contributed by atoms with E-state index in [1.807, 2.05) is 32.2 Å². The summed E-state index contributed by atoms with van der Waals surface area (Å²) in [7, 11) is 0. The van der Waals surface area contributed by atoms with Crippen molar-refractivity contribution in [3.63, 3.8) is 0 Å². The maximum absolute atomic E-state index is 5.65. The molecule has 24 heavy (non-hydrogen) atoms. The van der Waals surface area contributed by atoms with E-state index in [1.165, 1.54) is 10.4 Å². The largest absolute Gasteiger partial charge is 0.466 e. The fourth-order valence-electron chi connectivity index (χ4n) is 3.04. The Bertz CT molecular complexity index is 823. The Morgan fingerprint density at radius 1 is 1.17 bits per heavy atom. The Hall–Kier alpha value is -1.98. The topological polar surface area (TPSA) is 51.0 Å². The number of aromatic nitrogens is 2. The number of hydrogen-bond acceptors (Lipinski definition) is 5. The highest BCUT2D eigenvalue weighted by molar-refractivity contribution is 7.15. The molecule has 3 aromatic heterocycles. The quantitative estimate of drug-likeness (QED) is 0.698. The summed E-state index contributed by atoms with van der Waals surface area (Å²) in [5.74, 6) is 1.94. The van der Waals surface area contributed by atoms with Gasteiger partial charge in [0.05, 0.1) is 5.69 Å². The minimum absolute atomic E-state index is 0.220. The Balaban J connectivity index is 1.79. The van der Waals surface area contributed by atoms with Gasteiger partial charge in [0.15, 0.2) is 0 Å². The molecule has 0 aromatic carbocycles. The van der Waals surface area contributed by atoms with E-state index in [2.05, 4.69) is 37.1 Å². The maximum Gasteiger partial charge on any atom is 0.125 e. The van der Waals surface area contributed by atoms with Gasteiger partial charge >= 0.3 is 0 Å². The first kappa shape index (κ1) is 16.9. The van der Waals surface area contributed by atoms with Crippen molar-refractivity contribution in [3.8, 4) is 10.6 Å². The van der Waals surface area contributed by atoms with Gasteiger partial charge in [0.2, 0.25) is 0 Å². The summed E-state index contributed by atoms with van der Waals surface area (Å²) in [6, 6.07) is 6.55. The maximum atomic E-state index is 5.65. The third-order valence-corrected chi connectivity index (χ3v) is 5.57. The van der Waals surface area contributed by atoms with Gasteiger partial charge < -0.3 is 9.73 Å². The molecule has 3 rings (SSSR count). The number of rotatable bonds is 5. The highest BCUT2D eigenvalue weighted by Crippen LogP contribution is 2.33. The van der Waals surface area contributed by atoms with Crippen molar-refractivity contribution in [1.29, 1.82) is 0 Å². The molecule has 3 heterocycles. The van der Waals surface area contributed by atoms with Crippen LogP contribution in [0.1, 0.15) is 53.6 Å². The SMILES string of the molecule is Cc1cc(C(C)NC(C)c2sc(-c3cccnc3)nc2C)c(C)o1. The van der Waals surface area contributed by atoms with Crippen LogP contribution in [-0.4, -0.2) is 9.97 Å². The van der Waals surface area contributed by atoms with E-state index >= 15 is 0 Å². The summed E-state index contributed by atoms with van der Waals surface area (Å²) in [6.07, 6.45) is 3.65. The number of nitrogens with one attached hydrogen (secondary N) is 1. The number of thiazole rings is 1. The highest BCUT2D eigenvalue weighted by Gasteiger charge is 2.19. The zero-order valence-corrected chi connectivity index (χ0v) is 15.6. The highest BCUT2D eigenvalue weighted by atomic mass is 32.1. The molecule has 1 N–H and O–H groups in total. The average Bonchev–Trinajstić information content (AvgIpc) is 3.10. The van der Waals surface area contributed by atoms with Gasteiger partial charge in [-0.15, -0.1) is 11.3 Å². The van der Waals surface area contributed by atoms with E-state index in [-0.39, 0.29) is 12.1 Å². The first-order chi connectivity index (χ1) is 11.5. The molecular formula is C19H23N3OS. The molecule has 2 atom stereocenters. The van der Waals surface area contributed by atoms with E-state index in [9.17, 15) is 0 Å². The molecule has 0 radical (unpaired) electrons. The van der Waals surface area contributed by atoms with Gasteiger partial charge in [0, 0.05) is 40.5 Å². The second-order valence-corrected chi connectivity index (χ2v) is 7.22. The molecule has 0 spiro atoms. The molecule has 5 heteroatoms. The van der Waals surface area contributed by atoms with Crippen LogP contribution in [0.25, 0.3) is 10.6 Å². The van der Waals surface area contributed by atoms with Crippen molar-refractivity contribution in [1.82, 2.24) is 15.3 Å². The van der Waals surface area contributed by atoms with Crippen molar-refractivity contribution in [2.75, 3.05) is 0 Å². The van der Waals surface area contributed by atoms with E-state index in [4.69, 9.17) is 9.40 Å². The van der Waals surface area contributed by atoms with Crippen LogP contribution >= 0.6 is 11.3 Å². The van der Waals surface area contributed by atoms with Crippen LogP contribution in [0.15, 0.2) is 35.0 Å². The number of furan rings is 1. The molecule has 0 amide bonds. The van der Waals surface area contributed by atoms with E-state index in [1.54, 1.807) is 17.5 Å². The number of hydrogen-bond donors (Lipinski definition) is 1. The minimum atomic E-state index is 0.220. The molecule has 126 valence electrons. The van der Waals surface area contributed by atoms with Crippen molar-refractivity contribution in [3.05, 3.63) is 58.2 Å². The van der Waals surface area contributed by atoms with E-state index in [0.717, 1.165) is 27.8 Å². The molecule has 0 bridgehead atoms. The van der Waals surface area contributed by atoms with Crippen LogP contribution in [-0.2, 0) is 0 Å². The smallest absolute Gasteiger partial charge is 0.125 e. The molecule has 0 saturated heterocycles. The van der Waals surface area contributed by atoms with Gasteiger partial charge in [-0.05, 0) is 52.8 Å². The minimum Gasteiger partial charge on any atom is -0.466 e. The molecule has 0 aliphatic carbocycles. The molecule has 3 aromatic rings. The molecule has 2 unspecified atom stereocenters. The summed E-state index contributed by atoms with van der Waals surface area (Å²) in [5, 5.41) is 4.69. The third kappa shape index (κ3) is 3.42. The molecule has 0 aliphatic rings. The second kappa shape index (κ2) is 6.87. The molecule has 0 aliphatic heterocycles. The lowest BCUT2D eigenvalue weighted by Crippen LogP contribution is -2.22. The first-order valence-electron chi connectivity index (χ1n) is 8.16. The van der Waals surface area contributed by atoms with Crippen molar-refractivity contribution in [2.24, 2.45) is 0 Å². The van der Waals surface area contributed by atoms with Gasteiger partial charge in [-0.1, -0.05) is 0 Å². The zero-order valence-electron chi connectivity index (χ0n) is 14.8. The number of aryl methyl sites for hydroxylation is 3. The van der Waals surface area contributed by atoms with E-state index < -0.39 is 0 Å². The van der Waals surface area contributed by atoms with Crippen LogP contribution in [0.4, 0.5) is 0 Å². The van der Waals surface area contributed by atoms with Crippen molar-refractivity contribution in [2.45, 2.75) is 46.7 Å². The lowest BCUT2D eigenvalue weighted by Gasteiger charge is -2.19. The Labute approximate surface area is 147 Å². The van der Waals surface area contributed by atoms with Crippen LogP contribution in [0.2, 0.25) is 0 Å². The Morgan fingerprint density at radius 3 is 2.58 bits per heavy atom. The van der Waals surface area contributed by atoms with Gasteiger partial charge in [-0.3, -0.25) is 4.98 Å². The van der Waals surface area contributed by atoms with Gasteiger partial charge in [-0.2, -0.15) is 0 Å². The zero-order chi connectivity index (χ0) is 17.3. The summed E-state index contributed by atoms with van der Waals surface area (Å²) in [6.45, 7) is 10.4. The van der Waals surface area contributed by atoms with Crippen molar-refractivity contribution >= 4 is 11.3 Å². The first-order valence-corrected chi connectivity index (χ1v) is 8.98.